The smallest absolute Gasteiger partial charge is 0.416 e. The third-order valence-corrected chi connectivity index (χ3v) is 7.56. The Hall–Kier alpha value is -3.76. The average molecular weight is 613 g/mol. The van der Waals surface area contributed by atoms with Gasteiger partial charge in [0.1, 0.15) is 24.1 Å². The van der Waals surface area contributed by atoms with Crippen LogP contribution in [0.25, 0.3) is 10.9 Å². The number of aromatic nitrogens is 1. The summed E-state index contributed by atoms with van der Waals surface area (Å²) in [5, 5.41) is 15.0. The molecule has 0 radical (unpaired) electrons. The van der Waals surface area contributed by atoms with Gasteiger partial charge in [0.2, 0.25) is 5.91 Å². The fraction of sp³-hybridized carbons (Fsp3) is 0.290. The second-order valence-electron chi connectivity index (χ2n) is 9.97. The summed E-state index contributed by atoms with van der Waals surface area (Å²) in [6.45, 7) is 0.768. The van der Waals surface area contributed by atoms with Crippen LogP contribution in [0.2, 0.25) is 10.0 Å². The highest BCUT2D eigenvalue weighted by Gasteiger charge is 2.35. The first kappa shape index (κ1) is 29.7. The molecule has 1 aliphatic heterocycles. The number of halogens is 2. The molecule has 0 spiro atoms. The summed E-state index contributed by atoms with van der Waals surface area (Å²) in [4.78, 5) is 30.2. The summed E-state index contributed by atoms with van der Waals surface area (Å²) < 4.78 is 16.3. The van der Waals surface area contributed by atoms with E-state index in [1.165, 1.54) is 7.11 Å². The van der Waals surface area contributed by atoms with Crippen LogP contribution in [-0.2, 0) is 16.0 Å². The number of carbonyl (C=O) groups excluding carboxylic acids is 2. The van der Waals surface area contributed by atoms with Gasteiger partial charge in [-0.3, -0.25) is 9.69 Å². The zero-order valence-corrected chi connectivity index (χ0v) is 24.5. The molecule has 11 heteroatoms. The highest BCUT2D eigenvalue weighted by Crippen LogP contribution is 2.40. The quantitative estimate of drug-likeness (QED) is 0.218. The number of ether oxygens (including phenoxy) is 3. The van der Waals surface area contributed by atoms with Crippen molar-refractivity contribution in [1.29, 1.82) is 0 Å². The van der Waals surface area contributed by atoms with E-state index < -0.39 is 18.2 Å². The van der Waals surface area contributed by atoms with Crippen molar-refractivity contribution in [1.82, 2.24) is 15.2 Å². The standard InChI is InChI=1S/C31H31Cl2N3O6/c1-40-18-28(38)34-17-22(37)13-15-41-23-7-2-19(3-8-23)30-29-25(26-16-21(33)6-11-27(26)35-29)12-14-36(30)31(39)42-24-9-4-20(32)5-10-24/h2-11,16,22,30,35,37H,12-15,17-18H2,1H3,(H,34,38)/t22?,30-/m0/s1. The van der Waals surface area contributed by atoms with E-state index in [9.17, 15) is 14.7 Å². The number of amides is 2. The number of hydrogen-bond acceptors (Lipinski definition) is 6. The Balaban J connectivity index is 1.33. The summed E-state index contributed by atoms with van der Waals surface area (Å²) in [5.74, 6) is 0.730. The summed E-state index contributed by atoms with van der Waals surface area (Å²) in [7, 11) is 1.43. The van der Waals surface area contributed by atoms with Gasteiger partial charge in [-0.2, -0.15) is 0 Å². The molecule has 220 valence electrons. The topological polar surface area (TPSA) is 113 Å². The lowest BCUT2D eigenvalue weighted by atomic mass is 9.92. The molecule has 5 rings (SSSR count). The largest absolute Gasteiger partial charge is 0.493 e. The molecule has 0 aliphatic carbocycles. The van der Waals surface area contributed by atoms with Crippen LogP contribution in [0.4, 0.5) is 4.79 Å². The van der Waals surface area contributed by atoms with E-state index in [1.807, 2.05) is 42.5 Å². The lowest BCUT2D eigenvalue weighted by molar-refractivity contribution is -0.125. The maximum atomic E-state index is 13.5. The highest BCUT2D eigenvalue weighted by molar-refractivity contribution is 6.31. The summed E-state index contributed by atoms with van der Waals surface area (Å²) >= 11 is 12.3. The Kier molecular flexibility index (Phi) is 9.54. The Morgan fingerprint density at radius 3 is 2.50 bits per heavy atom. The Morgan fingerprint density at radius 2 is 1.76 bits per heavy atom. The molecule has 0 saturated carbocycles. The van der Waals surface area contributed by atoms with Crippen molar-refractivity contribution in [3.63, 3.8) is 0 Å². The maximum Gasteiger partial charge on any atom is 0.416 e. The van der Waals surface area contributed by atoms with Crippen molar-refractivity contribution >= 4 is 46.1 Å². The van der Waals surface area contributed by atoms with Crippen LogP contribution in [-0.4, -0.2) is 66.5 Å². The molecule has 2 amide bonds. The minimum Gasteiger partial charge on any atom is -0.493 e. The average Bonchev–Trinajstić information content (AvgIpc) is 3.35. The van der Waals surface area contributed by atoms with E-state index in [0.29, 0.717) is 40.9 Å². The number of aromatic amines is 1. The molecule has 0 saturated heterocycles. The SMILES string of the molecule is COCC(=O)NCC(O)CCOc1ccc([C@H]2c3[nH]c4ccc(Cl)cc4c3CCN2C(=O)Oc2ccc(Cl)cc2)cc1. The fourth-order valence-electron chi connectivity index (χ4n) is 5.04. The second-order valence-corrected chi connectivity index (χ2v) is 10.8. The minimum absolute atomic E-state index is 0.0550. The van der Waals surface area contributed by atoms with Crippen LogP contribution in [0, 0.1) is 0 Å². The van der Waals surface area contributed by atoms with Crippen molar-refractivity contribution in [3.8, 4) is 11.5 Å². The molecule has 4 aromatic rings. The van der Waals surface area contributed by atoms with Gasteiger partial charge in [0, 0.05) is 53.3 Å². The van der Waals surface area contributed by atoms with Crippen molar-refractivity contribution in [3.05, 3.63) is 93.6 Å². The Bertz CT molecular complexity index is 1540. The predicted molar refractivity (Wildman–Crippen MR) is 160 cm³/mol. The van der Waals surface area contributed by atoms with Gasteiger partial charge in [-0.15, -0.1) is 0 Å². The van der Waals surface area contributed by atoms with Gasteiger partial charge in [-0.25, -0.2) is 4.79 Å². The summed E-state index contributed by atoms with van der Waals surface area (Å²) in [5.41, 5.74) is 3.83. The van der Waals surface area contributed by atoms with Crippen molar-refractivity contribution in [2.24, 2.45) is 0 Å². The highest BCUT2D eigenvalue weighted by atomic mass is 35.5. The molecule has 0 fully saturated rings. The van der Waals surface area contributed by atoms with Gasteiger partial charge in [0.05, 0.1) is 12.7 Å². The zero-order valence-electron chi connectivity index (χ0n) is 22.9. The maximum absolute atomic E-state index is 13.5. The number of hydrogen-bond donors (Lipinski definition) is 3. The Labute approximate surface area is 253 Å². The van der Waals surface area contributed by atoms with Gasteiger partial charge in [0.15, 0.2) is 0 Å². The van der Waals surface area contributed by atoms with Gasteiger partial charge in [-0.05, 0) is 72.1 Å². The number of carbonyl (C=O) groups is 2. The number of nitrogens with zero attached hydrogens (tertiary/aromatic N) is 1. The second kappa shape index (κ2) is 13.5. The van der Waals surface area contributed by atoms with Crippen molar-refractivity contribution in [2.75, 3.05) is 33.4 Å². The van der Waals surface area contributed by atoms with Gasteiger partial charge >= 0.3 is 6.09 Å². The van der Waals surface area contributed by atoms with Gasteiger partial charge < -0.3 is 29.6 Å². The van der Waals surface area contributed by atoms with Gasteiger partial charge in [0.25, 0.3) is 0 Å². The number of H-pyrrole nitrogens is 1. The molecule has 1 aromatic heterocycles. The predicted octanol–water partition coefficient (Wildman–Crippen LogP) is 5.51. The van der Waals surface area contributed by atoms with Crippen LogP contribution in [0.5, 0.6) is 11.5 Å². The zero-order chi connectivity index (χ0) is 29.6. The molecular formula is C31H31Cl2N3O6. The molecule has 3 N–H and O–H groups in total. The number of aliphatic hydroxyl groups excluding tert-OH is 1. The first-order valence-corrected chi connectivity index (χ1v) is 14.3. The van der Waals surface area contributed by atoms with Crippen LogP contribution in [0.3, 0.4) is 0 Å². The lowest BCUT2D eigenvalue weighted by Crippen LogP contribution is -2.42. The number of fused-ring (bicyclic) bond motifs is 3. The molecule has 42 heavy (non-hydrogen) atoms. The minimum atomic E-state index is -0.749. The third-order valence-electron chi connectivity index (χ3n) is 7.07. The number of nitrogens with one attached hydrogen (secondary N) is 2. The van der Waals surface area contributed by atoms with E-state index in [4.69, 9.17) is 37.4 Å². The molecule has 3 aromatic carbocycles. The molecular weight excluding hydrogens is 581 g/mol. The first-order chi connectivity index (χ1) is 20.3. The number of benzene rings is 3. The molecule has 1 unspecified atom stereocenters. The number of methoxy groups -OCH3 is 1. The van der Waals surface area contributed by atoms with E-state index in [-0.39, 0.29) is 25.7 Å². The van der Waals surface area contributed by atoms with Crippen LogP contribution < -0.4 is 14.8 Å². The van der Waals surface area contributed by atoms with E-state index in [2.05, 4.69) is 10.3 Å². The van der Waals surface area contributed by atoms with Gasteiger partial charge in [-0.1, -0.05) is 35.3 Å². The van der Waals surface area contributed by atoms with Crippen LogP contribution in [0.1, 0.15) is 29.3 Å². The fourth-order valence-corrected chi connectivity index (χ4v) is 5.34. The Morgan fingerprint density at radius 1 is 1.05 bits per heavy atom. The molecule has 2 heterocycles. The first-order valence-electron chi connectivity index (χ1n) is 13.5. The van der Waals surface area contributed by atoms with Crippen molar-refractivity contribution in [2.45, 2.75) is 25.0 Å². The third kappa shape index (κ3) is 6.99. The molecule has 0 bridgehead atoms. The molecule has 9 nitrogen and oxygen atoms in total. The van der Waals surface area contributed by atoms with E-state index in [0.717, 1.165) is 27.7 Å². The molecule has 1 aliphatic rings. The number of rotatable bonds is 10. The van der Waals surface area contributed by atoms with E-state index >= 15 is 0 Å². The van der Waals surface area contributed by atoms with Crippen LogP contribution in [0.15, 0.2) is 66.7 Å². The van der Waals surface area contributed by atoms with Crippen LogP contribution >= 0.6 is 23.2 Å². The molecule has 2 atom stereocenters. The number of aliphatic hydroxyl groups is 1. The summed E-state index contributed by atoms with van der Waals surface area (Å²) in [6.07, 6.45) is -0.252. The van der Waals surface area contributed by atoms with E-state index in [1.54, 1.807) is 29.2 Å². The van der Waals surface area contributed by atoms with Crippen molar-refractivity contribution < 1.29 is 28.9 Å². The normalized spacial score (nSPS) is 15.2. The lowest BCUT2D eigenvalue weighted by Gasteiger charge is -2.35. The monoisotopic (exact) mass is 611 g/mol. The summed E-state index contributed by atoms with van der Waals surface area (Å²) in [6, 6.07) is 19.4.